The van der Waals surface area contributed by atoms with E-state index in [0.29, 0.717) is 28.6 Å². The molecule has 1 atom stereocenters. The van der Waals surface area contributed by atoms with Gasteiger partial charge < -0.3 is 15.2 Å². The van der Waals surface area contributed by atoms with Crippen LogP contribution in [0, 0.1) is 11.8 Å². The molecule has 0 bridgehead atoms. The average Bonchev–Trinajstić information content (AvgIpc) is 3.66. The Balaban J connectivity index is 1.41. The van der Waals surface area contributed by atoms with Gasteiger partial charge in [0, 0.05) is 36.9 Å². The van der Waals surface area contributed by atoms with Gasteiger partial charge in [0.05, 0.1) is 24.0 Å². The van der Waals surface area contributed by atoms with Gasteiger partial charge in [-0.2, -0.15) is 14.6 Å². The summed E-state index contributed by atoms with van der Waals surface area (Å²) in [6.45, 7) is 4.03. The number of aliphatic hydroxyl groups excluding tert-OH is 1. The highest BCUT2D eigenvalue weighted by Gasteiger charge is 2.27. The van der Waals surface area contributed by atoms with Gasteiger partial charge in [0.1, 0.15) is 22.1 Å². The van der Waals surface area contributed by atoms with E-state index >= 15 is 0 Å². The van der Waals surface area contributed by atoms with E-state index in [4.69, 9.17) is 4.74 Å². The van der Waals surface area contributed by atoms with Gasteiger partial charge in [-0.15, -0.1) is 11.3 Å². The quantitative estimate of drug-likeness (QED) is 0.240. The van der Waals surface area contributed by atoms with Gasteiger partial charge >= 0.3 is 0 Å². The standard InChI is InChI=1S/C25H27F2N7O3S/c1-3-37-17-6-4-16(5-7-17)34-12-19(23(32-34)22-18(26)8-9-21(27)31-22)29-24(36)20-13-38-25(30-20)15-10-28-33(11-15)14(2)35/h8-13,16-17,24,29,36H,3-7H2,1-2H3. The summed E-state index contributed by atoms with van der Waals surface area (Å²) in [5, 5.41) is 24.7. The van der Waals surface area contributed by atoms with E-state index in [0.717, 1.165) is 37.8 Å². The average molecular weight is 544 g/mol. The number of thiazole rings is 1. The lowest BCUT2D eigenvalue weighted by Gasteiger charge is -2.28. The maximum Gasteiger partial charge on any atom is 0.243 e. The van der Waals surface area contributed by atoms with Crippen molar-refractivity contribution in [2.24, 2.45) is 0 Å². The highest BCUT2D eigenvalue weighted by molar-refractivity contribution is 7.13. The Hall–Kier alpha value is -3.55. The van der Waals surface area contributed by atoms with Gasteiger partial charge in [0.15, 0.2) is 12.0 Å². The molecule has 4 aromatic rings. The van der Waals surface area contributed by atoms with Gasteiger partial charge in [-0.3, -0.25) is 9.48 Å². The number of ether oxygens (including phenoxy) is 1. The molecule has 4 heterocycles. The molecule has 10 nitrogen and oxygen atoms in total. The van der Waals surface area contributed by atoms with Crippen molar-refractivity contribution in [1.82, 2.24) is 29.5 Å². The van der Waals surface area contributed by atoms with Crippen LogP contribution in [0.15, 0.2) is 36.1 Å². The zero-order valence-corrected chi connectivity index (χ0v) is 21.7. The molecule has 0 aromatic carbocycles. The first kappa shape index (κ1) is 26.1. The number of halogens is 2. The van der Waals surface area contributed by atoms with Crippen LogP contribution in [0.1, 0.15) is 62.3 Å². The number of rotatable bonds is 8. The van der Waals surface area contributed by atoms with Crippen LogP contribution in [0.3, 0.4) is 0 Å². The predicted molar refractivity (Wildman–Crippen MR) is 137 cm³/mol. The molecule has 1 aliphatic carbocycles. The number of nitrogens with zero attached hydrogens (tertiary/aromatic N) is 6. The van der Waals surface area contributed by atoms with Crippen molar-refractivity contribution >= 4 is 22.9 Å². The largest absolute Gasteiger partial charge is 0.379 e. The van der Waals surface area contributed by atoms with E-state index in [9.17, 15) is 18.7 Å². The van der Waals surface area contributed by atoms with Gasteiger partial charge in [-0.25, -0.2) is 19.0 Å². The monoisotopic (exact) mass is 543 g/mol. The third-order valence-electron chi connectivity index (χ3n) is 6.43. The first-order valence-electron chi connectivity index (χ1n) is 12.3. The Morgan fingerprint density at radius 1 is 1.21 bits per heavy atom. The lowest BCUT2D eigenvalue weighted by atomic mass is 9.93. The van der Waals surface area contributed by atoms with Crippen LogP contribution < -0.4 is 5.32 Å². The van der Waals surface area contributed by atoms with Crippen LogP contribution in [0.5, 0.6) is 0 Å². The molecule has 0 radical (unpaired) electrons. The van der Waals surface area contributed by atoms with Gasteiger partial charge in [-0.1, -0.05) is 0 Å². The maximum absolute atomic E-state index is 14.7. The molecule has 0 amide bonds. The minimum absolute atomic E-state index is 0.0402. The lowest BCUT2D eigenvalue weighted by molar-refractivity contribution is 0.0260. The highest BCUT2D eigenvalue weighted by Crippen LogP contribution is 2.36. The Morgan fingerprint density at radius 3 is 2.71 bits per heavy atom. The summed E-state index contributed by atoms with van der Waals surface area (Å²) in [5.41, 5.74) is 1.07. The van der Waals surface area contributed by atoms with Crippen molar-refractivity contribution in [3.8, 4) is 22.0 Å². The fourth-order valence-electron chi connectivity index (χ4n) is 4.53. The molecular formula is C25H27F2N7O3S. The molecular weight excluding hydrogens is 516 g/mol. The summed E-state index contributed by atoms with van der Waals surface area (Å²) >= 11 is 1.27. The van der Waals surface area contributed by atoms with E-state index in [1.165, 1.54) is 29.1 Å². The lowest BCUT2D eigenvalue weighted by Crippen LogP contribution is -2.24. The molecule has 0 spiro atoms. The normalized spacial score (nSPS) is 18.4. The van der Waals surface area contributed by atoms with Crippen LogP contribution >= 0.6 is 11.3 Å². The number of hydrogen-bond acceptors (Lipinski definition) is 9. The van der Waals surface area contributed by atoms with E-state index in [2.05, 4.69) is 25.5 Å². The number of pyridine rings is 1. The Morgan fingerprint density at radius 2 is 2.00 bits per heavy atom. The summed E-state index contributed by atoms with van der Waals surface area (Å²) in [6.07, 6.45) is 7.06. The molecule has 1 fully saturated rings. The molecule has 0 saturated heterocycles. The van der Waals surface area contributed by atoms with Gasteiger partial charge in [0.2, 0.25) is 11.9 Å². The second-order valence-corrected chi connectivity index (χ2v) is 9.90. The Bertz CT molecular complexity index is 1430. The number of aromatic nitrogens is 6. The number of nitrogens with one attached hydrogen (secondary N) is 1. The van der Waals surface area contributed by atoms with E-state index < -0.39 is 18.0 Å². The van der Waals surface area contributed by atoms with Crippen molar-refractivity contribution in [3.05, 3.63) is 53.6 Å². The van der Waals surface area contributed by atoms with Crippen molar-refractivity contribution in [2.75, 3.05) is 11.9 Å². The van der Waals surface area contributed by atoms with E-state index in [1.807, 2.05) is 6.92 Å². The highest BCUT2D eigenvalue weighted by atomic mass is 32.1. The first-order valence-corrected chi connectivity index (χ1v) is 13.2. The summed E-state index contributed by atoms with van der Waals surface area (Å²) in [4.78, 5) is 19.7. The van der Waals surface area contributed by atoms with Crippen LogP contribution in [0.2, 0.25) is 0 Å². The minimum Gasteiger partial charge on any atom is -0.379 e. The van der Waals surface area contributed by atoms with Crippen LogP contribution in [0.25, 0.3) is 22.0 Å². The van der Waals surface area contributed by atoms with E-state index in [-0.39, 0.29) is 29.4 Å². The molecule has 38 heavy (non-hydrogen) atoms. The van der Waals surface area contributed by atoms with Crippen LogP contribution in [-0.2, 0) is 4.74 Å². The molecule has 4 aromatic heterocycles. The SMILES string of the molecule is CCOC1CCC(n2cc(NC(O)c3csc(-c4cnn(C(C)=O)c4)n3)c(-c3nc(F)ccc3F)n2)CC1. The molecule has 2 N–H and O–H groups in total. The van der Waals surface area contributed by atoms with Crippen molar-refractivity contribution in [3.63, 3.8) is 0 Å². The zero-order valence-electron chi connectivity index (χ0n) is 20.8. The first-order chi connectivity index (χ1) is 18.3. The number of carbonyl (C=O) groups is 1. The molecule has 1 aliphatic rings. The van der Waals surface area contributed by atoms with Crippen molar-refractivity contribution in [2.45, 2.75) is 57.9 Å². The molecule has 13 heteroatoms. The summed E-state index contributed by atoms with van der Waals surface area (Å²) in [6, 6.07) is 1.98. The third-order valence-corrected chi connectivity index (χ3v) is 7.34. The van der Waals surface area contributed by atoms with Gasteiger partial charge in [-0.05, 0) is 44.7 Å². The Kier molecular flexibility index (Phi) is 7.58. The summed E-state index contributed by atoms with van der Waals surface area (Å²) in [5.74, 6) is -1.80. The fourth-order valence-corrected chi connectivity index (χ4v) is 5.34. The summed E-state index contributed by atoms with van der Waals surface area (Å²) < 4.78 is 37.3. The topological polar surface area (TPSA) is 120 Å². The minimum atomic E-state index is -1.27. The van der Waals surface area contributed by atoms with Crippen molar-refractivity contribution < 1.29 is 23.4 Å². The molecule has 1 saturated carbocycles. The zero-order chi connectivity index (χ0) is 26.8. The smallest absolute Gasteiger partial charge is 0.243 e. The van der Waals surface area contributed by atoms with Crippen molar-refractivity contribution in [1.29, 1.82) is 0 Å². The maximum atomic E-state index is 14.7. The number of carbonyl (C=O) groups excluding carboxylic acids is 1. The second kappa shape index (κ2) is 11.1. The van der Waals surface area contributed by atoms with Crippen LogP contribution in [-0.4, -0.2) is 53.3 Å². The van der Waals surface area contributed by atoms with Gasteiger partial charge in [0.25, 0.3) is 0 Å². The Labute approximate surface area is 221 Å². The second-order valence-electron chi connectivity index (χ2n) is 9.04. The van der Waals surface area contributed by atoms with E-state index in [1.54, 1.807) is 22.5 Å². The third kappa shape index (κ3) is 5.49. The predicted octanol–water partition coefficient (Wildman–Crippen LogP) is 4.83. The number of hydrogen-bond donors (Lipinski definition) is 2. The molecule has 200 valence electrons. The number of aliphatic hydroxyl groups is 1. The summed E-state index contributed by atoms with van der Waals surface area (Å²) in [7, 11) is 0. The molecule has 1 unspecified atom stereocenters. The van der Waals surface area contributed by atoms with Crippen LogP contribution in [0.4, 0.5) is 14.5 Å². The molecule has 0 aliphatic heterocycles. The number of anilines is 1. The molecule has 5 rings (SSSR count). The fraction of sp³-hybridized carbons (Fsp3) is 0.400.